The van der Waals surface area contributed by atoms with Crippen molar-refractivity contribution < 1.29 is 18.0 Å². The SMILES string of the molecule is CCN(CC)C(=O)c1cccc(NC(=O)c2ccc(S(=O)(=O)Nc3ccc(Cl)cc3)cc2)c1. The quantitative estimate of drug-likeness (QED) is 0.475. The van der Waals surface area contributed by atoms with Gasteiger partial charge in [-0.2, -0.15) is 0 Å². The van der Waals surface area contributed by atoms with Crippen LogP contribution in [-0.2, 0) is 10.0 Å². The fourth-order valence-electron chi connectivity index (χ4n) is 3.14. The summed E-state index contributed by atoms with van der Waals surface area (Å²) >= 11 is 5.82. The van der Waals surface area contributed by atoms with E-state index in [1.54, 1.807) is 53.4 Å². The van der Waals surface area contributed by atoms with E-state index >= 15 is 0 Å². The van der Waals surface area contributed by atoms with Gasteiger partial charge in [0, 0.05) is 40.6 Å². The normalized spacial score (nSPS) is 11.0. The molecule has 33 heavy (non-hydrogen) atoms. The summed E-state index contributed by atoms with van der Waals surface area (Å²) in [7, 11) is -3.82. The summed E-state index contributed by atoms with van der Waals surface area (Å²) in [5, 5.41) is 3.24. The number of amides is 2. The maximum atomic E-state index is 12.6. The first-order valence-corrected chi connectivity index (χ1v) is 12.2. The van der Waals surface area contributed by atoms with Crippen LogP contribution in [0.15, 0.2) is 77.7 Å². The molecule has 0 bridgehead atoms. The standard InChI is InChI=1S/C24H24ClN3O4S/c1-3-28(4-2)24(30)18-6-5-7-21(16-18)26-23(29)17-8-14-22(15-9-17)33(31,32)27-20-12-10-19(25)11-13-20/h5-16,27H,3-4H2,1-2H3,(H,26,29). The number of carbonyl (C=O) groups is 2. The molecule has 3 aromatic rings. The van der Waals surface area contributed by atoms with Crippen molar-refractivity contribution in [2.75, 3.05) is 23.1 Å². The fourth-order valence-corrected chi connectivity index (χ4v) is 4.33. The second-order valence-electron chi connectivity index (χ2n) is 7.15. The Bertz CT molecular complexity index is 1240. The predicted octanol–water partition coefficient (Wildman–Crippen LogP) is 4.88. The number of benzene rings is 3. The van der Waals surface area contributed by atoms with Crippen LogP contribution in [0.2, 0.25) is 5.02 Å². The van der Waals surface area contributed by atoms with Gasteiger partial charge in [-0.1, -0.05) is 17.7 Å². The number of rotatable bonds is 8. The van der Waals surface area contributed by atoms with E-state index in [1.165, 1.54) is 24.3 Å². The number of sulfonamides is 1. The maximum absolute atomic E-state index is 12.6. The maximum Gasteiger partial charge on any atom is 0.261 e. The molecule has 3 aromatic carbocycles. The highest BCUT2D eigenvalue weighted by atomic mass is 35.5. The molecule has 7 nitrogen and oxygen atoms in total. The zero-order valence-electron chi connectivity index (χ0n) is 18.2. The first kappa shape index (κ1) is 24.3. The summed E-state index contributed by atoms with van der Waals surface area (Å²) in [5.74, 6) is -0.532. The van der Waals surface area contributed by atoms with Crippen molar-refractivity contribution in [3.63, 3.8) is 0 Å². The van der Waals surface area contributed by atoms with Crippen molar-refractivity contribution in [3.05, 3.63) is 88.9 Å². The first-order valence-electron chi connectivity index (χ1n) is 10.3. The average Bonchev–Trinajstić information content (AvgIpc) is 2.81. The lowest BCUT2D eigenvalue weighted by molar-refractivity contribution is 0.0772. The average molecular weight is 486 g/mol. The molecule has 0 fully saturated rings. The third kappa shape index (κ3) is 6.12. The number of carbonyl (C=O) groups excluding carboxylic acids is 2. The minimum Gasteiger partial charge on any atom is -0.339 e. The smallest absolute Gasteiger partial charge is 0.261 e. The van der Waals surface area contributed by atoms with Crippen LogP contribution in [0.25, 0.3) is 0 Å². The third-order valence-electron chi connectivity index (χ3n) is 4.94. The van der Waals surface area contributed by atoms with E-state index in [1.807, 2.05) is 13.8 Å². The van der Waals surface area contributed by atoms with Crippen LogP contribution < -0.4 is 10.0 Å². The second kappa shape index (κ2) is 10.5. The molecule has 0 saturated carbocycles. The predicted molar refractivity (Wildman–Crippen MR) is 130 cm³/mol. The number of nitrogens with one attached hydrogen (secondary N) is 2. The zero-order valence-corrected chi connectivity index (χ0v) is 19.8. The van der Waals surface area contributed by atoms with Crippen molar-refractivity contribution in [3.8, 4) is 0 Å². The Morgan fingerprint density at radius 3 is 2.09 bits per heavy atom. The molecule has 0 aliphatic heterocycles. The van der Waals surface area contributed by atoms with Crippen molar-refractivity contribution >= 4 is 44.8 Å². The minimum atomic E-state index is -3.82. The lowest BCUT2D eigenvalue weighted by Crippen LogP contribution is -2.30. The summed E-state index contributed by atoms with van der Waals surface area (Å²) in [4.78, 5) is 26.9. The van der Waals surface area contributed by atoms with Gasteiger partial charge < -0.3 is 10.2 Å². The third-order valence-corrected chi connectivity index (χ3v) is 6.59. The Kier molecular flexibility index (Phi) is 7.73. The zero-order chi connectivity index (χ0) is 24.0. The van der Waals surface area contributed by atoms with Crippen LogP contribution >= 0.6 is 11.6 Å². The van der Waals surface area contributed by atoms with E-state index in [-0.39, 0.29) is 16.4 Å². The Morgan fingerprint density at radius 2 is 1.48 bits per heavy atom. The van der Waals surface area contributed by atoms with Crippen molar-refractivity contribution in [1.29, 1.82) is 0 Å². The van der Waals surface area contributed by atoms with Crippen molar-refractivity contribution in [1.82, 2.24) is 4.90 Å². The summed E-state index contributed by atoms with van der Waals surface area (Å²) < 4.78 is 27.6. The van der Waals surface area contributed by atoms with Gasteiger partial charge in [-0.15, -0.1) is 0 Å². The van der Waals surface area contributed by atoms with Crippen LogP contribution in [0.1, 0.15) is 34.6 Å². The van der Waals surface area contributed by atoms with Crippen molar-refractivity contribution in [2.24, 2.45) is 0 Å². The molecular formula is C24H24ClN3O4S. The number of hydrogen-bond donors (Lipinski definition) is 2. The Hall–Kier alpha value is -3.36. The molecule has 0 atom stereocenters. The van der Waals surface area contributed by atoms with Gasteiger partial charge in [0.05, 0.1) is 4.90 Å². The van der Waals surface area contributed by atoms with Gasteiger partial charge in [-0.05, 0) is 80.6 Å². The summed E-state index contributed by atoms with van der Waals surface area (Å²) in [6.07, 6.45) is 0. The van der Waals surface area contributed by atoms with Gasteiger partial charge in [0.15, 0.2) is 0 Å². The highest BCUT2D eigenvalue weighted by Crippen LogP contribution is 2.20. The molecule has 0 aromatic heterocycles. The number of nitrogens with zero attached hydrogens (tertiary/aromatic N) is 1. The van der Waals surface area contributed by atoms with Crippen LogP contribution in [0, 0.1) is 0 Å². The number of hydrogen-bond acceptors (Lipinski definition) is 4. The second-order valence-corrected chi connectivity index (χ2v) is 9.27. The molecule has 2 N–H and O–H groups in total. The molecule has 0 saturated heterocycles. The summed E-state index contributed by atoms with van der Waals surface area (Å²) in [5.41, 5.74) is 1.60. The van der Waals surface area contributed by atoms with Gasteiger partial charge in [0.1, 0.15) is 0 Å². The van der Waals surface area contributed by atoms with Gasteiger partial charge in [-0.3, -0.25) is 14.3 Å². The largest absolute Gasteiger partial charge is 0.339 e. The van der Waals surface area contributed by atoms with E-state index in [0.29, 0.717) is 35.1 Å². The molecule has 0 spiro atoms. The molecule has 0 heterocycles. The van der Waals surface area contributed by atoms with Crippen LogP contribution in [0.5, 0.6) is 0 Å². The van der Waals surface area contributed by atoms with Gasteiger partial charge in [0.25, 0.3) is 21.8 Å². The highest BCUT2D eigenvalue weighted by molar-refractivity contribution is 7.92. The number of anilines is 2. The van der Waals surface area contributed by atoms with E-state index in [9.17, 15) is 18.0 Å². The molecule has 9 heteroatoms. The van der Waals surface area contributed by atoms with Gasteiger partial charge >= 0.3 is 0 Å². The molecule has 0 aliphatic carbocycles. The highest BCUT2D eigenvalue weighted by Gasteiger charge is 2.16. The van der Waals surface area contributed by atoms with Crippen LogP contribution in [0.3, 0.4) is 0 Å². The van der Waals surface area contributed by atoms with E-state index in [4.69, 9.17) is 11.6 Å². The van der Waals surface area contributed by atoms with Gasteiger partial charge in [0.2, 0.25) is 0 Å². The first-order chi connectivity index (χ1) is 15.7. The molecule has 0 radical (unpaired) electrons. The summed E-state index contributed by atoms with van der Waals surface area (Å²) in [6, 6.07) is 18.5. The Balaban J connectivity index is 1.71. The van der Waals surface area contributed by atoms with Crippen LogP contribution in [0.4, 0.5) is 11.4 Å². The fraction of sp³-hybridized carbons (Fsp3) is 0.167. The van der Waals surface area contributed by atoms with E-state index < -0.39 is 15.9 Å². The monoisotopic (exact) mass is 485 g/mol. The lowest BCUT2D eigenvalue weighted by Gasteiger charge is -2.19. The molecule has 172 valence electrons. The molecular weight excluding hydrogens is 462 g/mol. The van der Waals surface area contributed by atoms with Crippen molar-refractivity contribution in [2.45, 2.75) is 18.7 Å². The molecule has 0 unspecified atom stereocenters. The number of halogens is 1. The lowest BCUT2D eigenvalue weighted by atomic mass is 10.1. The summed E-state index contributed by atoms with van der Waals surface area (Å²) in [6.45, 7) is 4.99. The Morgan fingerprint density at radius 1 is 0.848 bits per heavy atom. The molecule has 0 aliphatic rings. The van der Waals surface area contributed by atoms with E-state index in [2.05, 4.69) is 10.0 Å². The minimum absolute atomic E-state index is 0.0146. The van der Waals surface area contributed by atoms with Crippen LogP contribution in [-0.4, -0.2) is 38.2 Å². The topological polar surface area (TPSA) is 95.6 Å². The molecule has 2 amide bonds. The molecule has 3 rings (SSSR count). The van der Waals surface area contributed by atoms with E-state index in [0.717, 1.165) is 0 Å². The Labute approximate surface area is 198 Å². The van der Waals surface area contributed by atoms with Gasteiger partial charge in [-0.25, -0.2) is 8.42 Å².